The molecule has 0 bridgehead atoms. The molecule has 0 fully saturated rings. The molecule has 5 heteroatoms. The summed E-state index contributed by atoms with van der Waals surface area (Å²) in [6.07, 6.45) is 1.98. The molecule has 102 valence electrons. The molecule has 0 saturated heterocycles. The number of aryl methyl sites for hydroxylation is 2. The zero-order chi connectivity index (χ0) is 14.4. The van der Waals surface area contributed by atoms with Crippen molar-refractivity contribution in [2.75, 3.05) is 0 Å². The Morgan fingerprint density at radius 2 is 1.65 bits per heavy atom. The second-order valence-corrected chi connectivity index (χ2v) is 5.97. The number of fused-ring (bicyclic) bond motifs is 1. The van der Waals surface area contributed by atoms with Gasteiger partial charge in [0.2, 0.25) is 0 Å². The molecule has 2 heterocycles. The molecule has 3 rings (SSSR count). The van der Waals surface area contributed by atoms with Gasteiger partial charge in [-0.15, -0.1) is 0 Å². The molecule has 0 amide bonds. The standard InChI is InChI=1S/C15H11Cl3N2/c1-8-7-20(15-11(8)4-3-9(2)19-15)14-12(17)5-10(16)6-13(14)18/h3-7H,1-2H3. The summed E-state index contributed by atoms with van der Waals surface area (Å²) >= 11 is 18.6. The number of halogens is 3. The van der Waals surface area contributed by atoms with Crippen LogP contribution in [-0.2, 0) is 0 Å². The van der Waals surface area contributed by atoms with Crippen molar-refractivity contribution in [3.63, 3.8) is 0 Å². The van der Waals surface area contributed by atoms with Crippen LogP contribution >= 0.6 is 34.8 Å². The van der Waals surface area contributed by atoms with Crippen LogP contribution in [0.4, 0.5) is 0 Å². The van der Waals surface area contributed by atoms with E-state index < -0.39 is 0 Å². The third-order valence-corrected chi connectivity index (χ3v) is 4.01. The van der Waals surface area contributed by atoms with Gasteiger partial charge >= 0.3 is 0 Å². The monoisotopic (exact) mass is 324 g/mol. The van der Waals surface area contributed by atoms with Crippen molar-refractivity contribution in [1.82, 2.24) is 9.55 Å². The van der Waals surface area contributed by atoms with Crippen LogP contribution in [0.2, 0.25) is 15.1 Å². The number of pyridine rings is 1. The van der Waals surface area contributed by atoms with Crippen LogP contribution < -0.4 is 0 Å². The first-order chi connectivity index (χ1) is 9.47. The molecule has 0 aliphatic heterocycles. The number of hydrogen-bond donors (Lipinski definition) is 0. The van der Waals surface area contributed by atoms with Gasteiger partial charge in [0.15, 0.2) is 0 Å². The Morgan fingerprint density at radius 3 is 2.30 bits per heavy atom. The summed E-state index contributed by atoms with van der Waals surface area (Å²) in [5, 5.41) is 2.60. The first-order valence-electron chi connectivity index (χ1n) is 6.07. The van der Waals surface area contributed by atoms with Crippen LogP contribution in [0.25, 0.3) is 16.7 Å². The van der Waals surface area contributed by atoms with Gasteiger partial charge in [-0.1, -0.05) is 34.8 Å². The molecule has 0 radical (unpaired) electrons. The Kier molecular flexibility index (Phi) is 3.41. The average Bonchev–Trinajstić information content (AvgIpc) is 2.65. The smallest absolute Gasteiger partial charge is 0.145 e. The minimum atomic E-state index is 0.503. The maximum atomic E-state index is 6.30. The second kappa shape index (κ2) is 4.96. The maximum Gasteiger partial charge on any atom is 0.145 e. The van der Waals surface area contributed by atoms with Gasteiger partial charge in [-0.25, -0.2) is 4.98 Å². The molecule has 20 heavy (non-hydrogen) atoms. The molecular formula is C15H11Cl3N2. The van der Waals surface area contributed by atoms with Gasteiger partial charge in [-0.2, -0.15) is 0 Å². The van der Waals surface area contributed by atoms with E-state index in [0.717, 1.165) is 22.3 Å². The van der Waals surface area contributed by atoms with Crippen molar-refractivity contribution in [2.24, 2.45) is 0 Å². The zero-order valence-electron chi connectivity index (χ0n) is 10.9. The van der Waals surface area contributed by atoms with Gasteiger partial charge in [0.05, 0.1) is 15.7 Å². The molecule has 2 nitrogen and oxygen atoms in total. The van der Waals surface area contributed by atoms with Crippen LogP contribution in [0.15, 0.2) is 30.5 Å². The highest BCUT2D eigenvalue weighted by Crippen LogP contribution is 2.35. The van der Waals surface area contributed by atoms with Crippen molar-refractivity contribution >= 4 is 45.8 Å². The highest BCUT2D eigenvalue weighted by Gasteiger charge is 2.15. The van der Waals surface area contributed by atoms with Gasteiger partial charge in [-0.05, 0) is 43.7 Å². The quantitative estimate of drug-likeness (QED) is 0.569. The van der Waals surface area contributed by atoms with E-state index in [1.54, 1.807) is 12.1 Å². The maximum absolute atomic E-state index is 6.30. The van der Waals surface area contributed by atoms with Gasteiger partial charge in [0.25, 0.3) is 0 Å². The Balaban J connectivity index is 2.38. The lowest BCUT2D eigenvalue weighted by Gasteiger charge is -2.10. The van der Waals surface area contributed by atoms with E-state index in [1.807, 2.05) is 30.7 Å². The Hall–Kier alpha value is -1.22. The topological polar surface area (TPSA) is 17.8 Å². The minimum Gasteiger partial charge on any atom is -0.298 e. The minimum absolute atomic E-state index is 0.503. The molecule has 0 spiro atoms. The summed E-state index contributed by atoms with van der Waals surface area (Å²) in [4.78, 5) is 4.59. The lowest BCUT2D eigenvalue weighted by atomic mass is 10.2. The Morgan fingerprint density at radius 1 is 1.00 bits per heavy atom. The zero-order valence-corrected chi connectivity index (χ0v) is 13.2. The van der Waals surface area contributed by atoms with Gasteiger partial charge in [0.1, 0.15) is 5.65 Å². The van der Waals surface area contributed by atoms with Crippen molar-refractivity contribution in [3.05, 3.63) is 56.8 Å². The number of rotatable bonds is 1. The van der Waals surface area contributed by atoms with E-state index in [2.05, 4.69) is 11.1 Å². The molecule has 0 atom stereocenters. The molecule has 2 aromatic heterocycles. The molecule has 3 aromatic rings. The van der Waals surface area contributed by atoms with Gasteiger partial charge in [0, 0.05) is 22.3 Å². The fourth-order valence-corrected chi connectivity index (χ4v) is 3.29. The summed E-state index contributed by atoms with van der Waals surface area (Å²) < 4.78 is 1.92. The van der Waals surface area contributed by atoms with E-state index in [9.17, 15) is 0 Å². The van der Waals surface area contributed by atoms with Crippen molar-refractivity contribution in [3.8, 4) is 5.69 Å². The van der Waals surface area contributed by atoms with E-state index in [0.29, 0.717) is 20.8 Å². The summed E-state index contributed by atoms with van der Waals surface area (Å²) in [7, 11) is 0. The summed E-state index contributed by atoms with van der Waals surface area (Å²) in [6, 6.07) is 7.41. The largest absolute Gasteiger partial charge is 0.298 e. The van der Waals surface area contributed by atoms with Crippen LogP contribution in [0.5, 0.6) is 0 Å². The highest BCUT2D eigenvalue weighted by atomic mass is 35.5. The van der Waals surface area contributed by atoms with Crippen LogP contribution in [0.1, 0.15) is 11.3 Å². The first kappa shape index (κ1) is 13.7. The van der Waals surface area contributed by atoms with Crippen molar-refractivity contribution in [2.45, 2.75) is 13.8 Å². The second-order valence-electron chi connectivity index (χ2n) is 4.72. The number of benzene rings is 1. The van der Waals surface area contributed by atoms with Crippen molar-refractivity contribution in [1.29, 1.82) is 0 Å². The summed E-state index contributed by atoms with van der Waals surface area (Å²) in [5.41, 5.74) is 3.61. The van der Waals surface area contributed by atoms with E-state index >= 15 is 0 Å². The lowest BCUT2D eigenvalue weighted by Crippen LogP contribution is -1.97. The Labute approximate surface area is 131 Å². The van der Waals surface area contributed by atoms with Crippen molar-refractivity contribution < 1.29 is 0 Å². The highest BCUT2D eigenvalue weighted by molar-refractivity contribution is 6.40. The molecule has 0 aliphatic rings. The van der Waals surface area contributed by atoms with E-state index in [1.165, 1.54) is 0 Å². The number of nitrogens with zero attached hydrogens (tertiary/aromatic N) is 2. The fraction of sp³-hybridized carbons (Fsp3) is 0.133. The first-order valence-corrected chi connectivity index (χ1v) is 7.21. The fourth-order valence-electron chi connectivity index (χ4n) is 2.29. The molecule has 0 saturated carbocycles. The lowest BCUT2D eigenvalue weighted by molar-refractivity contribution is 1.07. The number of aromatic nitrogens is 2. The molecule has 1 aromatic carbocycles. The molecular weight excluding hydrogens is 315 g/mol. The van der Waals surface area contributed by atoms with E-state index in [4.69, 9.17) is 34.8 Å². The Bertz CT molecular complexity index is 798. The van der Waals surface area contributed by atoms with Gasteiger partial charge in [-0.3, -0.25) is 4.57 Å². The third kappa shape index (κ3) is 2.18. The van der Waals surface area contributed by atoms with Crippen LogP contribution in [0, 0.1) is 13.8 Å². The normalized spacial score (nSPS) is 11.2. The van der Waals surface area contributed by atoms with Crippen LogP contribution in [0.3, 0.4) is 0 Å². The number of hydrogen-bond acceptors (Lipinski definition) is 1. The molecule has 0 aliphatic carbocycles. The predicted octanol–water partition coefficient (Wildman–Crippen LogP) is 5.60. The molecule has 0 N–H and O–H groups in total. The van der Waals surface area contributed by atoms with Gasteiger partial charge < -0.3 is 0 Å². The summed E-state index contributed by atoms with van der Waals surface area (Å²) in [5.74, 6) is 0. The molecule has 0 unspecified atom stereocenters. The summed E-state index contributed by atoms with van der Waals surface area (Å²) in [6.45, 7) is 3.99. The third-order valence-electron chi connectivity index (χ3n) is 3.21. The average molecular weight is 326 g/mol. The SMILES string of the molecule is Cc1ccc2c(C)cn(-c3c(Cl)cc(Cl)cc3Cl)c2n1. The predicted molar refractivity (Wildman–Crippen MR) is 85.6 cm³/mol. The van der Waals surface area contributed by atoms with E-state index in [-0.39, 0.29) is 0 Å². The van der Waals surface area contributed by atoms with Crippen LogP contribution in [-0.4, -0.2) is 9.55 Å².